The summed E-state index contributed by atoms with van der Waals surface area (Å²) in [7, 11) is 1.77. The molecule has 0 saturated carbocycles. The third-order valence-corrected chi connectivity index (χ3v) is 3.74. The van der Waals surface area contributed by atoms with E-state index < -0.39 is 5.41 Å². The number of carbonyl (C=O) groups is 2. The summed E-state index contributed by atoms with van der Waals surface area (Å²) in [6.45, 7) is 4.77. The van der Waals surface area contributed by atoms with Gasteiger partial charge in [0, 0.05) is 32.6 Å². The molecule has 1 aliphatic rings. The Bertz CT molecular complexity index is 300. The van der Waals surface area contributed by atoms with E-state index in [0.717, 1.165) is 12.8 Å². The van der Waals surface area contributed by atoms with Crippen LogP contribution in [0.1, 0.15) is 33.1 Å². The first kappa shape index (κ1) is 14.0. The molecule has 0 aromatic carbocycles. The molecule has 5 nitrogen and oxygen atoms in total. The van der Waals surface area contributed by atoms with Crippen molar-refractivity contribution < 1.29 is 9.59 Å². The first-order valence-corrected chi connectivity index (χ1v) is 6.18. The molecule has 17 heavy (non-hydrogen) atoms. The minimum atomic E-state index is -0.500. The minimum absolute atomic E-state index is 0.00440. The molecule has 0 aromatic heterocycles. The van der Waals surface area contributed by atoms with Crippen LogP contribution in [0.4, 0.5) is 0 Å². The Morgan fingerprint density at radius 2 is 2.29 bits per heavy atom. The Morgan fingerprint density at radius 3 is 2.76 bits per heavy atom. The molecule has 98 valence electrons. The number of hydrogen-bond acceptors (Lipinski definition) is 3. The predicted octanol–water partition coefficient (Wildman–Crippen LogP) is 0.0984. The van der Waals surface area contributed by atoms with Crippen LogP contribution in [0, 0.1) is 5.41 Å². The minimum Gasteiger partial charge on any atom is -0.351 e. The van der Waals surface area contributed by atoms with Crippen LogP contribution in [0.5, 0.6) is 0 Å². The lowest BCUT2D eigenvalue weighted by molar-refractivity contribution is -0.136. The zero-order valence-corrected chi connectivity index (χ0v) is 11.0. The lowest BCUT2D eigenvalue weighted by Gasteiger charge is -2.33. The third-order valence-electron chi connectivity index (χ3n) is 3.74. The summed E-state index contributed by atoms with van der Waals surface area (Å²) >= 11 is 0. The molecule has 5 heteroatoms. The molecule has 0 spiro atoms. The summed E-state index contributed by atoms with van der Waals surface area (Å²) < 4.78 is 0. The number of nitrogens with zero attached hydrogens (tertiary/aromatic N) is 1. The van der Waals surface area contributed by atoms with Gasteiger partial charge in [-0.2, -0.15) is 0 Å². The van der Waals surface area contributed by atoms with Gasteiger partial charge in [0.15, 0.2) is 0 Å². The second kappa shape index (κ2) is 5.49. The number of hydrogen-bond donors (Lipinski definition) is 2. The molecule has 0 aliphatic carbocycles. The number of likely N-dealkylation sites (N-methyl/N-ethyl adjacent to an activating group) is 1. The van der Waals surface area contributed by atoms with E-state index in [1.54, 1.807) is 11.9 Å². The fourth-order valence-corrected chi connectivity index (χ4v) is 1.89. The second-order valence-corrected chi connectivity index (χ2v) is 5.10. The molecule has 2 atom stereocenters. The molecule has 1 rings (SSSR count). The highest BCUT2D eigenvalue weighted by atomic mass is 16.2. The monoisotopic (exact) mass is 241 g/mol. The molecule has 0 bridgehead atoms. The van der Waals surface area contributed by atoms with Crippen LogP contribution in [0.15, 0.2) is 0 Å². The van der Waals surface area contributed by atoms with Gasteiger partial charge in [0.1, 0.15) is 0 Å². The van der Waals surface area contributed by atoms with Crippen LogP contribution in [0.2, 0.25) is 0 Å². The lowest BCUT2D eigenvalue weighted by atomic mass is 9.86. The summed E-state index contributed by atoms with van der Waals surface area (Å²) in [5.41, 5.74) is 5.15. The number of nitrogens with one attached hydrogen (secondary N) is 1. The Labute approximate surface area is 103 Å². The van der Waals surface area contributed by atoms with Gasteiger partial charge in [0.2, 0.25) is 11.8 Å². The lowest BCUT2D eigenvalue weighted by Crippen LogP contribution is -2.53. The smallest absolute Gasteiger partial charge is 0.227 e. The van der Waals surface area contributed by atoms with Crippen molar-refractivity contribution in [3.8, 4) is 0 Å². The van der Waals surface area contributed by atoms with Crippen molar-refractivity contribution in [3.63, 3.8) is 0 Å². The van der Waals surface area contributed by atoms with E-state index in [-0.39, 0.29) is 17.9 Å². The number of amides is 2. The standard InChI is InChI=1S/C12H23N3O2/c1-4-12(2,8-13)11(17)14-9-5-6-10(16)15(3)7-9/h9H,4-8,13H2,1-3H3,(H,14,17). The first-order chi connectivity index (χ1) is 7.92. The third kappa shape index (κ3) is 3.19. The fourth-order valence-electron chi connectivity index (χ4n) is 1.89. The molecular weight excluding hydrogens is 218 g/mol. The van der Waals surface area contributed by atoms with E-state index in [0.29, 0.717) is 19.5 Å². The SMILES string of the molecule is CCC(C)(CN)C(=O)NC1CCC(=O)N(C)C1. The van der Waals surface area contributed by atoms with E-state index in [1.807, 2.05) is 13.8 Å². The van der Waals surface area contributed by atoms with Gasteiger partial charge in [-0.25, -0.2) is 0 Å². The van der Waals surface area contributed by atoms with Crippen LogP contribution < -0.4 is 11.1 Å². The molecule has 1 aliphatic heterocycles. The summed E-state index contributed by atoms with van der Waals surface area (Å²) in [5.74, 6) is 0.142. The van der Waals surface area contributed by atoms with Gasteiger partial charge in [0.25, 0.3) is 0 Å². The predicted molar refractivity (Wildman–Crippen MR) is 66.3 cm³/mol. The number of rotatable bonds is 4. The molecule has 0 aromatic rings. The van der Waals surface area contributed by atoms with Gasteiger partial charge in [-0.1, -0.05) is 6.92 Å². The van der Waals surface area contributed by atoms with Gasteiger partial charge >= 0.3 is 0 Å². The summed E-state index contributed by atoms with van der Waals surface area (Å²) in [5, 5.41) is 3.00. The van der Waals surface area contributed by atoms with Crippen LogP contribution in [0.25, 0.3) is 0 Å². The van der Waals surface area contributed by atoms with Crippen molar-refractivity contribution in [2.24, 2.45) is 11.1 Å². The van der Waals surface area contributed by atoms with E-state index in [1.165, 1.54) is 0 Å². The van der Waals surface area contributed by atoms with Crippen molar-refractivity contribution in [1.82, 2.24) is 10.2 Å². The Kier molecular flexibility index (Phi) is 4.51. The van der Waals surface area contributed by atoms with Crippen molar-refractivity contribution in [2.75, 3.05) is 20.1 Å². The van der Waals surface area contributed by atoms with Gasteiger partial charge in [-0.05, 0) is 19.8 Å². The average molecular weight is 241 g/mol. The first-order valence-electron chi connectivity index (χ1n) is 6.18. The average Bonchev–Trinajstić information content (AvgIpc) is 2.32. The van der Waals surface area contributed by atoms with E-state index >= 15 is 0 Å². The number of likely N-dealkylation sites (tertiary alicyclic amines) is 1. The maximum atomic E-state index is 12.1. The van der Waals surface area contributed by atoms with Crippen molar-refractivity contribution >= 4 is 11.8 Å². The Morgan fingerprint density at radius 1 is 1.65 bits per heavy atom. The molecular formula is C12H23N3O2. The van der Waals surface area contributed by atoms with Crippen molar-refractivity contribution in [2.45, 2.75) is 39.2 Å². The topological polar surface area (TPSA) is 75.4 Å². The maximum Gasteiger partial charge on any atom is 0.227 e. The Hall–Kier alpha value is -1.10. The molecule has 1 fully saturated rings. The second-order valence-electron chi connectivity index (χ2n) is 5.10. The fraction of sp³-hybridized carbons (Fsp3) is 0.833. The van der Waals surface area contributed by atoms with Gasteiger partial charge in [-0.3, -0.25) is 9.59 Å². The molecule has 0 radical (unpaired) electrons. The molecule has 3 N–H and O–H groups in total. The van der Waals surface area contributed by atoms with E-state index in [4.69, 9.17) is 5.73 Å². The number of piperidine rings is 1. The quantitative estimate of drug-likeness (QED) is 0.733. The molecule has 2 amide bonds. The van der Waals surface area contributed by atoms with Crippen molar-refractivity contribution in [3.05, 3.63) is 0 Å². The summed E-state index contributed by atoms with van der Waals surface area (Å²) in [6.07, 6.45) is 1.95. The van der Waals surface area contributed by atoms with Crippen molar-refractivity contribution in [1.29, 1.82) is 0 Å². The normalized spacial score (nSPS) is 24.4. The van der Waals surface area contributed by atoms with E-state index in [2.05, 4.69) is 5.32 Å². The molecule has 1 heterocycles. The highest BCUT2D eigenvalue weighted by molar-refractivity contribution is 5.83. The van der Waals surface area contributed by atoms with Crippen LogP contribution in [-0.2, 0) is 9.59 Å². The van der Waals surface area contributed by atoms with Crippen LogP contribution >= 0.6 is 0 Å². The molecule has 2 unspecified atom stereocenters. The van der Waals surface area contributed by atoms with E-state index in [9.17, 15) is 9.59 Å². The maximum absolute atomic E-state index is 12.1. The van der Waals surface area contributed by atoms with Gasteiger partial charge in [-0.15, -0.1) is 0 Å². The van der Waals surface area contributed by atoms with Crippen LogP contribution in [0.3, 0.4) is 0 Å². The van der Waals surface area contributed by atoms with Gasteiger partial charge < -0.3 is 16.0 Å². The number of carbonyl (C=O) groups excluding carboxylic acids is 2. The highest BCUT2D eigenvalue weighted by Gasteiger charge is 2.32. The van der Waals surface area contributed by atoms with Crippen LogP contribution in [-0.4, -0.2) is 42.9 Å². The largest absolute Gasteiger partial charge is 0.351 e. The Balaban J connectivity index is 2.55. The van der Waals surface area contributed by atoms with Gasteiger partial charge in [0.05, 0.1) is 5.41 Å². The zero-order valence-electron chi connectivity index (χ0n) is 11.0. The number of nitrogens with two attached hydrogens (primary N) is 1. The highest BCUT2D eigenvalue weighted by Crippen LogP contribution is 2.20. The molecule has 1 saturated heterocycles. The summed E-state index contributed by atoms with van der Waals surface area (Å²) in [6, 6.07) is 0.0580. The zero-order chi connectivity index (χ0) is 13.1. The summed E-state index contributed by atoms with van der Waals surface area (Å²) in [4.78, 5) is 25.1.